The molecule has 6 heteroatoms. The lowest BCUT2D eigenvalue weighted by Crippen LogP contribution is -2.09. The molecule has 0 radical (unpaired) electrons. The molecule has 0 atom stereocenters. The Bertz CT molecular complexity index is 504. The van der Waals surface area contributed by atoms with Crippen molar-refractivity contribution in [1.29, 1.82) is 0 Å². The van der Waals surface area contributed by atoms with Gasteiger partial charge < -0.3 is 5.43 Å². The van der Waals surface area contributed by atoms with Crippen molar-refractivity contribution in [2.45, 2.75) is 26.8 Å². The summed E-state index contributed by atoms with van der Waals surface area (Å²) in [6.45, 7) is 4.91. The molecule has 0 bridgehead atoms. The van der Waals surface area contributed by atoms with Crippen LogP contribution in [0.25, 0.3) is 11.4 Å². The Morgan fingerprint density at radius 2 is 2.24 bits per heavy atom. The number of nitrogens with zero attached hydrogens (tertiary/aromatic N) is 4. The molecule has 2 aromatic rings. The van der Waals surface area contributed by atoms with Gasteiger partial charge in [0, 0.05) is 24.5 Å². The van der Waals surface area contributed by atoms with Gasteiger partial charge in [-0.25, -0.2) is 15.8 Å². The Morgan fingerprint density at radius 1 is 1.41 bits per heavy atom. The molecule has 0 fully saturated rings. The van der Waals surface area contributed by atoms with Gasteiger partial charge in [-0.2, -0.15) is 5.10 Å². The smallest absolute Gasteiger partial charge is 0.164 e. The Hall–Kier alpha value is -1.95. The largest absolute Gasteiger partial charge is 0.308 e. The fraction of sp³-hybridized carbons (Fsp3) is 0.364. The van der Waals surface area contributed by atoms with Crippen LogP contribution in [-0.4, -0.2) is 19.7 Å². The summed E-state index contributed by atoms with van der Waals surface area (Å²) >= 11 is 0. The highest BCUT2D eigenvalue weighted by Gasteiger charge is 2.06. The first kappa shape index (κ1) is 11.5. The van der Waals surface area contributed by atoms with E-state index in [1.54, 1.807) is 12.3 Å². The van der Waals surface area contributed by atoms with Crippen LogP contribution in [-0.2, 0) is 6.54 Å². The van der Waals surface area contributed by atoms with E-state index in [1.807, 2.05) is 17.8 Å². The minimum atomic E-state index is 0.607. The van der Waals surface area contributed by atoms with Gasteiger partial charge in [-0.1, -0.05) is 6.92 Å². The van der Waals surface area contributed by atoms with Gasteiger partial charge in [-0.15, -0.1) is 0 Å². The van der Waals surface area contributed by atoms with Crippen LogP contribution in [0.5, 0.6) is 0 Å². The third kappa shape index (κ3) is 2.59. The monoisotopic (exact) mass is 232 g/mol. The number of anilines is 1. The highest BCUT2D eigenvalue weighted by atomic mass is 15.3. The van der Waals surface area contributed by atoms with E-state index in [2.05, 4.69) is 27.4 Å². The third-order valence-electron chi connectivity index (χ3n) is 2.35. The minimum absolute atomic E-state index is 0.607. The Labute approximate surface area is 99.9 Å². The molecule has 3 N–H and O–H groups in total. The van der Waals surface area contributed by atoms with E-state index < -0.39 is 0 Å². The molecule has 0 unspecified atom stereocenters. The van der Waals surface area contributed by atoms with Crippen molar-refractivity contribution in [2.24, 2.45) is 5.84 Å². The molecule has 0 aliphatic rings. The van der Waals surface area contributed by atoms with Gasteiger partial charge in [-0.3, -0.25) is 4.68 Å². The van der Waals surface area contributed by atoms with Crippen LogP contribution in [0.15, 0.2) is 18.5 Å². The lowest BCUT2D eigenvalue weighted by atomic mass is 10.3. The summed E-state index contributed by atoms with van der Waals surface area (Å²) in [5.41, 5.74) is 4.30. The van der Waals surface area contributed by atoms with E-state index >= 15 is 0 Å². The van der Waals surface area contributed by atoms with E-state index in [0.717, 1.165) is 24.2 Å². The zero-order chi connectivity index (χ0) is 12.3. The number of nitrogens with two attached hydrogens (primary N) is 1. The highest BCUT2D eigenvalue weighted by molar-refractivity contribution is 5.55. The van der Waals surface area contributed by atoms with Crippen LogP contribution in [0, 0.1) is 6.92 Å². The molecule has 90 valence electrons. The van der Waals surface area contributed by atoms with E-state index in [0.29, 0.717) is 11.6 Å². The average Bonchev–Trinajstić information content (AvgIpc) is 2.77. The second-order valence-corrected chi connectivity index (χ2v) is 3.85. The number of hydrogen-bond acceptors (Lipinski definition) is 5. The number of rotatable bonds is 4. The lowest BCUT2D eigenvalue weighted by Gasteiger charge is -2.03. The van der Waals surface area contributed by atoms with Crippen molar-refractivity contribution in [3.8, 4) is 11.4 Å². The molecule has 17 heavy (non-hydrogen) atoms. The SMILES string of the molecule is CCCn1cc(-c2nc(C)cc(NN)n2)cn1. The maximum atomic E-state index is 5.36. The topological polar surface area (TPSA) is 81.7 Å². The van der Waals surface area contributed by atoms with Crippen LogP contribution >= 0.6 is 0 Å². The van der Waals surface area contributed by atoms with Crippen molar-refractivity contribution < 1.29 is 0 Å². The Kier molecular flexibility index (Phi) is 3.34. The summed E-state index contributed by atoms with van der Waals surface area (Å²) in [7, 11) is 0. The van der Waals surface area contributed by atoms with Gasteiger partial charge in [-0.05, 0) is 13.3 Å². The number of aromatic nitrogens is 4. The van der Waals surface area contributed by atoms with Crippen molar-refractivity contribution in [3.05, 3.63) is 24.2 Å². The molecular weight excluding hydrogens is 216 g/mol. The quantitative estimate of drug-likeness (QED) is 0.614. The van der Waals surface area contributed by atoms with Crippen molar-refractivity contribution in [2.75, 3.05) is 5.43 Å². The Balaban J connectivity index is 2.34. The van der Waals surface area contributed by atoms with Crippen LogP contribution in [0.1, 0.15) is 19.0 Å². The first-order valence-corrected chi connectivity index (χ1v) is 5.58. The second kappa shape index (κ2) is 4.92. The Morgan fingerprint density at radius 3 is 2.94 bits per heavy atom. The molecule has 2 heterocycles. The normalized spacial score (nSPS) is 10.5. The number of aryl methyl sites for hydroxylation is 2. The molecule has 0 saturated carbocycles. The molecular formula is C11H16N6. The zero-order valence-corrected chi connectivity index (χ0v) is 10.0. The molecule has 2 aromatic heterocycles. The van der Waals surface area contributed by atoms with Crippen molar-refractivity contribution >= 4 is 5.82 Å². The fourth-order valence-corrected chi connectivity index (χ4v) is 1.60. The van der Waals surface area contributed by atoms with E-state index in [-0.39, 0.29) is 0 Å². The van der Waals surface area contributed by atoms with Gasteiger partial charge in [0.2, 0.25) is 0 Å². The van der Waals surface area contributed by atoms with Gasteiger partial charge in [0.05, 0.1) is 11.8 Å². The predicted molar refractivity (Wildman–Crippen MR) is 66.1 cm³/mol. The fourth-order valence-electron chi connectivity index (χ4n) is 1.60. The number of hydrogen-bond donors (Lipinski definition) is 2. The number of nitrogen functional groups attached to an aromatic ring is 1. The van der Waals surface area contributed by atoms with Crippen LogP contribution < -0.4 is 11.3 Å². The maximum Gasteiger partial charge on any atom is 0.164 e. The molecule has 2 rings (SSSR count). The van der Waals surface area contributed by atoms with E-state index in [1.165, 1.54) is 0 Å². The zero-order valence-electron chi connectivity index (χ0n) is 10.0. The molecule has 0 aliphatic heterocycles. The molecule has 0 amide bonds. The van der Waals surface area contributed by atoms with Gasteiger partial charge in [0.1, 0.15) is 5.82 Å². The first-order valence-electron chi connectivity index (χ1n) is 5.58. The summed E-state index contributed by atoms with van der Waals surface area (Å²) < 4.78 is 1.89. The van der Waals surface area contributed by atoms with Gasteiger partial charge >= 0.3 is 0 Å². The number of nitrogens with one attached hydrogen (secondary N) is 1. The van der Waals surface area contributed by atoms with E-state index in [9.17, 15) is 0 Å². The molecule has 0 aromatic carbocycles. The van der Waals surface area contributed by atoms with Crippen LogP contribution in [0.2, 0.25) is 0 Å². The third-order valence-corrected chi connectivity index (χ3v) is 2.35. The van der Waals surface area contributed by atoms with Crippen LogP contribution in [0.3, 0.4) is 0 Å². The summed E-state index contributed by atoms with van der Waals surface area (Å²) in [5.74, 6) is 6.60. The average molecular weight is 232 g/mol. The first-order chi connectivity index (χ1) is 8.22. The molecule has 6 nitrogen and oxygen atoms in total. The maximum absolute atomic E-state index is 5.36. The van der Waals surface area contributed by atoms with Crippen LogP contribution in [0.4, 0.5) is 5.82 Å². The van der Waals surface area contributed by atoms with Gasteiger partial charge in [0.25, 0.3) is 0 Å². The predicted octanol–water partition coefficient (Wildman–Crippen LogP) is 1.34. The lowest BCUT2D eigenvalue weighted by molar-refractivity contribution is 0.603. The van der Waals surface area contributed by atoms with E-state index in [4.69, 9.17) is 5.84 Å². The van der Waals surface area contributed by atoms with Crippen molar-refractivity contribution in [1.82, 2.24) is 19.7 Å². The summed E-state index contributed by atoms with van der Waals surface area (Å²) in [5, 5.41) is 4.25. The van der Waals surface area contributed by atoms with Gasteiger partial charge in [0.15, 0.2) is 5.82 Å². The summed E-state index contributed by atoms with van der Waals surface area (Å²) in [4.78, 5) is 8.66. The molecule has 0 aliphatic carbocycles. The summed E-state index contributed by atoms with van der Waals surface area (Å²) in [6, 6.07) is 1.79. The van der Waals surface area contributed by atoms with Crippen molar-refractivity contribution in [3.63, 3.8) is 0 Å². The minimum Gasteiger partial charge on any atom is -0.308 e. The standard InChI is InChI=1S/C11H16N6/c1-3-4-17-7-9(6-13-17)11-14-8(2)5-10(15-11)16-12/h5-7H,3-4,12H2,1-2H3,(H,14,15,16). The molecule has 0 saturated heterocycles. The second-order valence-electron chi connectivity index (χ2n) is 3.85. The highest BCUT2D eigenvalue weighted by Crippen LogP contribution is 2.16. The molecule has 0 spiro atoms. The summed E-state index contributed by atoms with van der Waals surface area (Å²) in [6.07, 6.45) is 4.76. The number of hydrazine groups is 1.